The van der Waals surface area contributed by atoms with Crippen LogP contribution in [0, 0.1) is 10.1 Å². The summed E-state index contributed by atoms with van der Waals surface area (Å²) in [5, 5.41) is 11.4. The fraction of sp³-hybridized carbons (Fsp3) is 0.462. The van der Waals surface area contributed by atoms with Gasteiger partial charge in [-0.2, -0.15) is 0 Å². The molecule has 0 amide bonds. The van der Waals surface area contributed by atoms with Crippen molar-refractivity contribution >= 4 is 23.3 Å². The van der Waals surface area contributed by atoms with E-state index in [2.05, 4.69) is 4.74 Å². The van der Waals surface area contributed by atoms with Gasteiger partial charge in [0.25, 0.3) is 5.69 Å². The zero-order valence-corrected chi connectivity index (χ0v) is 12.2. The molecule has 110 valence electrons. The van der Waals surface area contributed by atoms with Crippen LogP contribution in [0.1, 0.15) is 18.9 Å². The van der Waals surface area contributed by atoms with Gasteiger partial charge >= 0.3 is 5.97 Å². The summed E-state index contributed by atoms with van der Waals surface area (Å²) in [5.74, 6) is -0.302. The third-order valence-electron chi connectivity index (χ3n) is 2.94. The molecule has 0 aliphatic carbocycles. The third-order valence-corrected chi connectivity index (χ3v) is 3.17. The van der Waals surface area contributed by atoms with Crippen LogP contribution in [0.25, 0.3) is 0 Å². The Balaban J connectivity index is 2.81. The van der Waals surface area contributed by atoms with Crippen molar-refractivity contribution in [1.82, 2.24) is 4.90 Å². The van der Waals surface area contributed by atoms with Gasteiger partial charge < -0.3 is 4.74 Å². The molecule has 7 heteroatoms. The Morgan fingerprint density at radius 2 is 2.20 bits per heavy atom. The molecule has 1 rings (SSSR count). The van der Waals surface area contributed by atoms with Crippen molar-refractivity contribution in [3.8, 4) is 0 Å². The van der Waals surface area contributed by atoms with Gasteiger partial charge in [0.1, 0.15) is 0 Å². The SMILES string of the molecule is CCN(CCC(=O)OC)Cc1cc(Cl)ccc1[N+](=O)[O-]. The number of ether oxygens (including phenoxy) is 1. The maximum absolute atomic E-state index is 11.1. The standard InChI is InChI=1S/C13H17ClN2O4/c1-3-15(7-6-13(17)20-2)9-10-8-11(14)4-5-12(10)16(18)19/h4-5,8H,3,6-7,9H2,1-2H3. The number of rotatable bonds is 7. The van der Waals surface area contributed by atoms with E-state index in [9.17, 15) is 14.9 Å². The molecule has 0 bridgehead atoms. The second kappa shape index (κ2) is 7.81. The minimum Gasteiger partial charge on any atom is -0.469 e. The minimum absolute atomic E-state index is 0.0333. The molecule has 0 fully saturated rings. The maximum Gasteiger partial charge on any atom is 0.306 e. The Bertz CT molecular complexity index is 493. The number of carbonyl (C=O) groups is 1. The molecule has 0 saturated heterocycles. The number of halogens is 1. The normalized spacial score (nSPS) is 10.6. The van der Waals surface area contributed by atoms with E-state index in [0.29, 0.717) is 30.2 Å². The van der Waals surface area contributed by atoms with Crippen molar-refractivity contribution in [3.63, 3.8) is 0 Å². The molecule has 1 aromatic rings. The Morgan fingerprint density at radius 1 is 1.50 bits per heavy atom. The Kier molecular flexibility index (Phi) is 6.41. The second-order valence-electron chi connectivity index (χ2n) is 4.23. The predicted octanol–water partition coefficient (Wildman–Crippen LogP) is 2.63. The summed E-state index contributed by atoms with van der Waals surface area (Å²) < 4.78 is 4.58. The van der Waals surface area contributed by atoms with Crippen LogP contribution in [0.2, 0.25) is 5.02 Å². The van der Waals surface area contributed by atoms with Crippen LogP contribution < -0.4 is 0 Å². The highest BCUT2D eigenvalue weighted by molar-refractivity contribution is 6.30. The minimum atomic E-state index is -0.431. The van der Waals surface area contributed by atoms with E-state index in [1.165, 1.54) is 19.2 Å². The topological polar surface area (TPSA) is 72.7 Å². The first-order valence-corrected chi connectivity index (χ1v) is 6.57. The molecular formula is C13H17ClN2O4. The van der Waals surface area contributed by atoms with Crippen LogP contribution in [0.4, 0.5) is 5.69 Å². The zero-order chi connectivity index (χ0) is 15.1. The average Bonchev–Trinajstić information content (AvgIpc) is 2.42. The number of methoxy groups -OCH3 is 1. The molecule has 0 radical (unpaired) electrons. The number of hydrogen-bond acceptors (Lipinski definition) is 5. The van der Waals surface area contributed by atoms with Crippen LogP contribution in [0.5, 0.6) is 0 Å². The van der Waals surface area contributed by atoms with Gasteiger partial charge in [-0.15, -0.1) is 0 Å². The zero-order valence-electron chi connectivity index (χ0n) is 11.5. The lowest BCUT2D eigenvalue weighted by atomic mass is 10.1. The number of esters is 1. The largest absolute Gasteiger partial charge is 0.469 e. The highest BCUT2D eigenvalue weighted by Gasteiger charge is 2.17. The molecular weight excluding hydrogens is 284 g/mol. The van der Waals surface area contributed by atoms with E-state index in [1.807, 2.05) is 11.8 Å². The second-order valence-corrected chi connectivity index (χ2v) is 4.66. The third kappa shape index (κ3) is 4.79. The quantitative estimate of drug-likeness (QED) is 0.440. The highest BCUT2D eigenvalue weighted by atomic mass is 35.5. The van der Waals surface area contributed by atoms with E-state index in [0.717, 1.165) is 0 Å². The Hall–Kier alpha value is -1.66. The van der Waals surface area contributed by atoms with Crippen molar-refractivity contribution in [2.24, 2.45) is 0 Å². The van der Waals surface area contributed by atoms with Gasteiger partial charge in [-0.25, -0.2) is 0 Å². The first kappa shape index (κ1) is 16.4. The molecule has 0 N–H and O–H groups in total. The van der Waals surface area contributed by atoms with Gasteiger partial charge in [0.05, 0.1) is 18.5 Å². The Labute approximate surface area is 122 Å². The van der Waals surface area contributed by atoms with Gasteiger partial charge in [0.2, 0.25) is 0 Å². The van der Waals surface area contributed by atoms with Crippen molar-refractivity contribution in [3.05, 3.63) is 38.9 Å². The molecule has 0 heterocycles. The number of benzene rings is 1. The van der Waals surface area contributed by atoms with E-state index in [-0.39, 0.29) is 18.1 Å². The summed E-state index contributed by atoms with van der Waals surface area (Å²) in [7, 11) is 1.33. The first-order valence-electron chi connectivity index (χ1n) is 6.20. The summed E-state index contributed by atoms with van der Waals surface area (Å²) in [6.07, 6.45) is 0.249. The van der Waals surface area contributed by atoms with E-state index in [1.54, 1.807) is 6.07 Å². The number of nitro groups is 1. The summed E-state index contributed by atoms with van der Waals surface area (Å²) in [6, 6.07) is 4.47. The lowest BCUT2D eigenvalue weighted by molar-refractivity contribution is -0.385. The van der Waals surface area contributed by atoms with Gasteiger partial charge in [-0.3, -0.25) is 19.8 Å². The first-order chi connectivity index (χ1) is 9.47. The number of nitro benzene ring substituents is 1. The molecule has 6 nitrogen and oxygen atoms in total. The fourth-order valence-electron chi connectivity index (χ4n) is 1.80. The van der Waals surface area contributed by atoms with Gasteiger partial charge in [0.15, 0.2) is 0 Å². The molecule has 0 atom stereocenters. The van der Waals surface area contributed by atoms with Crippen LogP contribution in [0.3, 0.4) is 0 Å². The van der Waals surface area contributed by atoms with E-state index in [4.69, 9.17) is 11.6 Å². The molecule has 0 aliphatic rings. The summed E-state index contributed by atoms with van der Waals surface area (Å²) >= 11 is 5.88. The molecule has 0 saturated carbocycles. The van der Waals surface area contributed by atoms with Crippen LogP contribution in [-0.4, -0.2) is 36.0 Å². The summed E-state index contributed by atoms with van der Waals surface area (Å²) in [6.45, 7) is 3.44. The summed E-state index contributed by atoms with van der Waals surface area (Å²) in [5.41, 5.74) is 0.570. The van der Waals surface area contributed by atoms with Crippen molar-refractivity contribution in [2.45, 2.75) is 19.9 Å². The molecule has 0 aliphatic heterocycles. The van der Waals surface area contributed by atoms with Crippen LogP contribution in [0.15, 0.2) is 18.2 Å². The van der Waals surface area contributed by atoms with Gasteiger partial charge in [-0.05, 0) is 18.7 Å². The number of carbonyl (C=O) groups excluding carboxylic acids is 1. The van der Waals surface area contributed by atoms with Crippen LogP contribution in [-0.2, 0) is 16.1 Å². The number of hydrogen-bond donors (Lipinski definition) is 0. The van der Waals surface area contributed by atoms with Crippen molar-refractivity contribution in [1.29, 1.82) is 0 Å². The molecule has 20 heavy (non-hydrogen) atoms. The Morgan fingerprint density at radius 3 is 2.75 bits per heavy atom. The van der Waals surface area contributed by atoms with E-state index >= 15 is 0 Å². The fourth-order valence-corrected chi connectivity index (χ4v) is 1.99. The smallest absolute Gasteiger partial charge is 0.306 e. The van der Waals surface area contributed by atoms with Crippen molar-refractivity contribution < 1.29 is 14.5 Å². The highest BCUT2D eigenvalue weighted by Crippen LogP contribution is 2.24. The maximum atomic E-state index is 11.1. The van der Waals surface area contributed by atoms with Gasteiger partial charge in [-0.1, -0.05) is 18.5 Å². The van der Waals surface area contributed by atoms with Crippen LogP contribution >= 0.6 is 11.6 Å². The molecule has 1 aromatic carbocycles. The van der Waals surface area contributed by atoms with Gasteiger partial charge in [0, 0.05) is 29.7 Å². The predicted molar refractivity (Wildman–Crippen MR) is 75.7 cm³/mol. The number of nitrogens with zero attached hydrogens (tertiary/aromatic N) is 2. The van der Waals surface area contributed by atoms with Crippen molar-refractivity contribution in [2.75, 3.05) is 20.2 Å². The summed E-state index contributed by atoms with van der Waals surface area (Å²) in [4.78, 5) is 23.6. The van der Waals surface area contributed by atoms with E-state index < -0.39 is 4.92 Å². The lowest BCUT2D eigenvalue weighted by Crippen LogP contribution is -2.26. The monoisotopic (exact) mass is 300 g/mol. The lowest BCUT2D eigenvalue weighted by Gasteiger charge is -2.19. The molecule has 0 spiro atoms. The average molecular weight is 301 g/mol. The molecule has 0 unspecified atom stereocenters. The molecule has 0 aromatic heterocycles.